The molecule has 0 radical (unpaired) electrons. The molecule has 0 fully saturated rings. The van der Waals surface area contributed by atoms with Crippen molar-refractivity contribution in [3.63, 3.8) is 0 Å². The van der Waals surface area contributed by atoms with E-state index >= 15 is 0 Å². The third kappa shape index (κ3) is 3.20. The van der Waals surface area contributed by atoms with Crippen LogP contribution in [0.3, 0.4) is 0 Å². The quantitative estimate of drug-likeness (QED) is 0.483. The van der Waals surface area contributed by atoms with Crippen molar-refractivity contribution in [1.29, 1.82) is 0 Å². The minimum atomic E-state index is -0.710. The molecule has 2 aromatic rings. The van der Waals surface area contributed by atoms with Crippen LogP contribution < -0.4 is 4.74 Å². The molecule has 10 heteroatoms. The molecule has 0 saturated carbocycles. The number of nitrogens with zero attached hydrogens (tertiary/aromatic N) is 4. The van der Waals surface area contributed by atoms with E-state index in [9.17, 15) is 20.2 Å². The van der Waals surface area contributed by atoms with E-state index in [1.807, 2.05) is 0 Å². The monoisotopic (exact) mass is 310 g/mol. The fourth-order valence-corrected chi connectivity index (χ4v) is 1.76. The van der Waals surface area contributed by atoms with Crippen molar-refractivity contribution >= 4 is 23.0 Å². The zero-order valence-corrected chi connectivity index (χ0v) is 11.3. The van der Waals surface area contributed by atoms with Gasteiger partial charge in [0.1, 0.15) is 11.4 Å². The van der Waals surface area contributed by atoms with E-state index in [-0.39, 0.29) is 28.3 Å². The molecule has 0 saturated heterocycles. The second-order valence-electron chi connectivity index (χ2n) is 3.85. The molecule has 0 aliphatic rings. The number of benzene rings is 1. The molecule has 0 aliphatic heterocycles. The summed E-state index contributed by atoms with van der Waals surface area (Å²) in [4.78, 5) is 27.7. The maximum atomic E-state index is 11.0. The number of aromatic nitrogens is 2. The number of hydrogen-bond acceptors (Lipinski definition) is 7. The fourth-order valence-electron chi connectivity index (χ4n) is 1.56. The maximum Gasteiger partial charge on any atom is 0.352 e. The van der Waals surface area contributed by atoms with Gasteiger partial charge >= 0.3 is 11.6 Å². The van der Waals surface area contributed by atoms with E-state index in [0.29, 0.717) is 0 Å². The van der Waals surface area contributed by atoms with Crippen molar-refractivity contribution in [1.82, 2.24) is 9.97 Å². The lowest BCUT2D eigenvalue weighted by atomic mass is 10.3. The van der Waals surface area contributed by atoms with Crippen LogP contribution in [-0.4, -0.2) is 19.8 Å². The Bertz CT molecular complexity index is 737. The molecular formula is C11H7ClN4O5. The summed E-state index contributed by atoms with van der Waals surface area (Å²) in [7, 11) is 0. The predicted octanol–water partition coefficient (Wildman–Crippen LogP) is 3.05. The number of ether oxygens (including phenoxy) is 1. The number of rotatable bonds is 4. The zero-order chi connectivity index (χ0) is 15.6. The maximum absolute atomic E-state index is 11.0. The lowest BCUT2D eigenvalue weighted by Crippen LogP contribution is -2.01. The van der Waals surface area contributed by atoms with E-state index < -0.39 is 15.5 Å². The second-order valence-corrected chi connectivity index (χ2v) is 4.18. The van der Waals surface area contributed by atoms with Gasteiger partial charge < -0.3 is 4.74 Å². The first-order chi connectivity index (χ1) is 9.88. The predicted molar refractivity (Wildman–Crippen MR) is 71.6 cm³/mol. The lowest BCUT2D eigenvalue weighted by Gasteiger charge is -2.06. The summed E-state index contributed by atoms with van der Waals surface area (Å²) in [6.45, 7) is 1.38. The summed E-state index contributed by atoms with van der Waals surface area (Å²) in [5.41, 5.74) is -0.640. The summed E-state index contributed by atoms with van der Waals surface area (Å²) in [6.07, 6.45) is 0. The third-order valence-corrected chi connectivity index (χ3v) is 2.59. The van der Waals surface area contributed by atoms with Crippen LogP contribution in [0.1, 0.15) is 5.69 Å². The van der Waals surface area contributed by atoms with Crippen LogP contribution in [0.5, 0.6) is 11.6 Å². The van der Waals surface area contributed by atoms with Crippen LogP contribution in [0.25, 0.3) is 0 Å². The summed E-state index contributed by atoms with van der Waals surface area (Å²) in [5, 5.41) is 21.5. The Morgan fingerprint density at radius 2 is 1.90 bits per heavy atom. The van der Waals surface area contributed by atoms with Gasteiger partial charge in [0.2, 0.25) is 5.28 Å². The average molecular weight is 311 g/mol. The highest BCUT2D eigenvalue weighted by Crippen LogP contribution is 2.33. The smallest absolute Gasteiger partial charge is 0.352 e. The largest absolute Gasteiger partial charge is 0.433 e. The Morgan fingerprint density at radius 3 is 2.52 bits per heavy atom. The molecule has 1 aromatic carbocycles. The van der Waals surface area contributed by atoms with E-state index in [0.717, 1.165) is 6.07 Å². The van der Waals surface area contributed by atoms with Gasteiger partial charge in [0, 0.05) is 6.07 Å². The molecule has 0 amide bonds. The summed E-state index contributed by atoms with van der Waals surface area (Å²) in [5.74, 6) is -0.348. The highest BCUT2D eigenvalue weighted by atomic mass is 35.5. The van der Waals surface area contributed by atoms with E-state index in [4.69, 9.17) is 16.3 Å². The fraction of sp³-hybridized carbons (Fsp3) is 0.0909. The van der Waals surface area contributed by atoms with Gasteiger partial charge in [-0.3, -0.25) is 20.2 Å². The number of non-ortho nitro benzene ring substituents is 1. The molecule has 21 heavy (non-hydrogen) atoms. The first kappa shape index (κ1) is 14.6. The number of aryl methyl sites for hydroxylation is 1. The lowest BCUT2D eigenvalue weighted by molar-refractivity contribution is -0.387. The Kier molecular flexibility index (Phi) is 3.94. The molecule has 2 rings (SSSR count). The molecule has 0 atom stereocenters. The van der Waals surface area contributed by atoms with E-state index in [2.05, 4.69) is 9.97 Å². The zero-order valence-electron chi connectivity index (χ0n) is 10.5. The molecule has 108 valence electrons. The van der Waals surface area contributed by atoms with Crippen molar-refractivity contribution in [2.45, 2.75) is 6.92 Å². The van der Waals surface area contributed by atoms with Crippen LogP contribution in [0.15, 0.2) is 24.3 Å². The topological polar surface area (TPSA) is 121 Å². The normalized spacial score (nSPS) is 10.2. The van der Waals surface area contributed by atoms with E-state index in [1.54, 1.807) is 0 Å². The van der Waals surface area contributed by atoms with E-state index in [1.165, 1.54) is 25.1 Å². The first-order valence-electron chi connectivity index (χ1n) is 5.49. The standard InChI is InChI=1S/C11H7ClN4O5/c1-6-9(16(19)20)10(14-11(12)13-6)21-8-4-2-3-7(5-8)15(17)18/h2-5H,1H3. The van der Waals surface area contributed by atoms with Gasteiger partial charge in [-0.2, -0.15) is 4.98 Å². The van der Waals surface area contributed by atoms with Crippen LogP contribution in [0.4, 0.5) is 11.4 Å². The van der Waals surface area contributed by atoms with Gasteiger partial charge in [-0.25, -0.2) is 4.98 Å². The Labute approximate surface area is 122 Å². The van der Waals surface area contributed by atoms with Crippen LogP contribution in [0.2, 0.25) is 5.28 Å². The minimum Gasteiger partial charge on any atom is -0.433 e. The highest BCUT2D eigenvalue weighted by Gasteiger charge is 2.24. The van der Waals surface area contributed by atoms with Gasteiger partial charge in [0.05, 0.1) is 15.9 Å². The van der Waals surface area contributed by atoms with Crippen molar-refractivity contribution in [3.05, 3.63) is 55.5 Å². The van der Waals surface area contributed by atoms with Gasteiger partial charge in [-0.1, -0.05) is 6.07 Å². The van der Waals surface area contributed by atoms with Crippen molar-refractivity contribution in [3.8, 4) is 11.6 Å². The van der Waals surface area contributed by atoms with Crippen LogP contribution >= 0.6 is 11.6 Å². The third-order valence-electron chi connectivity index (χ3n) is 2.42. The van der Waals surface area contributed by atoms with Crippen molar-refractivity contribution in [2.24, 2.45) is 0 Å². The Hall–Kier alpha value is -2.81. The van der Waals surface area contributed by atoms with Crippen molar-refractivity contribution < 1.29 is 14.6 Å². The van der Waals surface area contributed by atoms with Gasteiger partial charge in [0.25, 0.3) is 5.69 Å². The Morgan fingerprint density at radius 1 is 1.19 bits per heavy atom. The summed E-state index contributed by atoms with van der Waals surface area (Å²) >= 11 is 5.64. The highest BCUT2D eigenvalue weighted by molar-refractivity contribution is 6.28. The minimum absolute atomic E-state index is 0.0282. The number of halogens is 1. The molecule has 0 aliphatic carbocycles. The number of hydrogen-bond donors (Lipinski definition) is 0. The first-order valence-corrected chi connectivity index (χ1v) is 5.87. The molecule has 9 nitrogen and oxygen atoms in total. The van der Waals surface area contributed by atoms with Gasteiger partial charge in [0.15, 0.2) is 0 Å². The molecule has 0 bridgehead atoms. The second kappa shape index (κ2) is 5.67. The Balaban J connectivity index is 2.46. The molecule has 1 heterocycles. The number of nitro groups is 2. The summed E-state index contributed by atoms with van der Waals surface area (Å²) in [6, 6.07) is 5.17. The van der Waals surface area contributed by atoms with Crippen LogP contribution in [0, 0.1) is 27.2 Å². The van der Waals surface area contributed by atoms with Crippen molar-refractivity contribution in [2.75, 3.05) is 0 Å². The SMILES string of the molecule is Cc1nc(Cl)nc(Oc2cccc([N+](=O)[O-])c2)c1[N+](=O)[O-]. The molecular weight excluding hydrogens is 304 g/mol. The molecule has 0 N–H and O–H groups in total. The van der Waals surface area contributed by atoms with Crippen LogP contribution in [-0.2, 0) is 0 Å². The summed E-state index contributed by atoms with van der Waals surface area (Å²) < 4.78 is 5.24. The van der Waals surface area contributed by atoms with Gasteiger partial charge in [-0.05, 0) is 24.6 Å². The van der Waals surface area contributed by atoms with Gasteiger partial charge in [-0.15, -0.1) is 0 Å². The molecule has 0 spiro atoms. The average Bonchev–Trinajstić information content (AvgIpc) is 2.37. The molecule has 0 unspecified atom stereocenters. The number of nitro benzene ring substituents is 1. The molecule has 1 aromatic heterocycles.